The molecule has 1 unspecified atom stereocenters. The van der Waals surface area contributed by atoms with Crippen molar-refractivity contribution in [3.8, 4) is 0 Å². The number of halogens is 3. The molecule has 0 aliphatic rings. The summed E-state index contributed by atoms with van der Waals surface area (Å²) in [5.41, 5.74) is 2.41. The second kappa shape index (κ2) is 7.78. The highest BCUT2D eigenvalue weighted by Crippen LogP contribution is 2.28. The third kappa shape index (κ3) is 3.98. The molecule has 0 saturated carbocycles. The van der Waals surface area contributed by atoms with E-state index >= 15 is 0 Å². The first-order valence-corrected chi connectivity index (χ1v) is 6.58. The van der Waals surface area contributed by atoms with E-state index in [1.54, 1.807) is 0 Å². The molecule has 3 N–H and O–H groups in total. The van der Waals surface area contributed by atoms with Crippen LogP contribution in [0.4, 0.5) is 8.78 Å². The molecule has 0 spiro atoms. The van der Waals surface area contributed by atoms with Gasteiger partial charge in [-0.3, -0.25) is 11.3 Å². The highest BCUT2D eigenvalue weighted by Gasteiger charge is 2.20. The summed E-state index contributed by atoms with van der Waals surface area (Å²) >= 11 is 3.04. The van der Waals surface area contributed by atoms with Crippen molar-refractivity contribution in [3.05, 3.63) is 33.8 Å². The minimum absolute atomic E-state index is 0.0385. The Balaban J connectivity index is 2.78. The fourth-order valence-electron chi connectivity index (χ4n) is 1.71. The number of hydrogen-bond acceptors (Lipinski definition) is 3. The Morgan fingerprint density at radius 2 is 2.17 bits per heavy atom. The Hall–Kier alpha value is -0.560. The van der Waals surface area contributed by atoms with Crippen molar-refractivity contribution < 1.29 is 13.5 Å². The number of nitrogens with one attached hydrogen (secondary N) is 1. The summed E-state index contributed by atoms with van der Waals surface area (Å²) in [4.78, 5) is 0. The van der Waals surface area contributed by atoms with Gasteiger partial charge in [0, 0.05) is 18.8 Å². The largest absolute Gasteiger partial charge is 0.382 e. The van der Waals surface area contributed by atoms with Gasteiger partial charge in [0.05, 0.1) is 10.5 Å². The summed E-state index contributed by atoms with van der Waals surface area (Å²) in [6.45, 7) is 3.07. The van der Waals surface area contributed by atoms with E-state index in [0.717, 1.165) is 0 Å². The molecule has 0 aliphatic carbocycles. The lowest BCUT2D eigenvalue weighted by Gasteiger charge is -2.18. The van der Waals surface area contributed by atoms with Gasteiger partial charge < -0.3 is 4.74 Å². The summed E-state index contributed by atoms with van der Waals surface area (Å²) in [5.74, 6) is 4.15. The molecule has 1 aromatic carbocycles. The van der Waals surface area contributed by atoms with E-state index in [9.17, 15) is 8.78 Å². The van der Waals surface area contributed by atoms with Crippen molar-refractivity contribution in [3.63, 3.8) is 0 Å². The SMILES string of the molecule is CCOCCCC(NN)c1c(F)ccc(Br)c1F. The van der Waals surface area contributed by atoms with Gasteiger partial charge in [-0.2, -0.15) is 0 Å². The minimum Gasteiger partial charge on any atom is -0.382 e. The van der Waals surface area contributed by atoms with Crippen LogP contribution in [0.3, 0.4) is 0 Å². The standard InChI is InChI=1S/C12H17BrF2N2O/c1-2-18-7-3-4-10(17-16)11-9(14)6-5-8(13)12(11)15/h5-6,10,17H,2-4,7,16H2,1H3. The van der Waals surface area contributed by atoms with Gasteiger partial charge in [-0.1, -0.05) is 0 Å². The van der Waals surface area contributed by atoms with Crippen molar-refractivity contribution >= 4 is 15.9 Å². The van der Waals surface area contributed by atoms with Crippen LogP contribution >= 0.6 is 15.9 Å². The lowest BCUT2D eigenvalue weighted by atomic mass is 10.0. The van der Waals surface area contributed by atoms with Gasteiger partial charge in [0.1, 0.15) is 11.6 Å². The van der Waals surface area contributed by atoms with Gasteiger partial charge >= 0.3 is 0 Å². The minimum atomic E-state index is -0.616. The Bertz CT molecular complexity index is 391. The van der Waals surface area contributed by atoms with Crippen LogP contribution in [-0.2, 0) is 4.74 Å². The van der Waals surface area contributed by atoms with Crippen LogP contribution in [0.15, 0.2) is 16.6 Å². The molecule has 1 aromatic rings. The van der Waals surface area contributed by atoms with Gasteiger partial charge in [0.25, 0.3) is 0 Å². The van der Waals surface area contributed by atoms with E-state index < -0.39 is 17.7 Å². The van der Waals surface area contributed by atoms with Gasteiger partial charge in [-0.25, -0.2) is 8.78 Å². The predicted octanol–water partition coefficient (Wildman–Crippen LogP) is 3.05. The number of nitrogens with two attached hydrogens (primary N) is 1. The number of ether oxygens (including phenoxy) is 1. The molecule has 0 bridgehead atoms. The average Bonchev–Trinajstić information content (AvgIpc) is 2.37. The number of benzene rings is 1. The second-order valence-electron chi connectivity index (χ2n) is 3.82. The van der Waals surface area contributed by atoms with E-state index in [-0.39, 0.29) is 10.0 Å². The molecule has 6 heteroatoms. The Morgan fingerprint density at radius 1 is 1.44 bits per heavy atom. The maximum atomic E-state index is 13.9. The molecule has 1 rings (SSSR count). The summed E-state index contributed by atoms with van der Waals surface area (Å²) in [7, 11) is 0. The lowest BCUT2D eigenvalue weighted by molar-refractivity contribution is 0.140. The van der Waals surface area contributed by atoms with Gasteiger partial charge in [0.15, 0.2) is 0 Å². The molecule has 1 atom stereocenters. The number of rotatable bonds is 7. The molecule has 0 aromatic heterocycles. The maximum absolute atomic E-state index is 13.9. The van der Waals surface area contributed by atoms with Crippen LogP contribution in [0.5, 0.6) is 0 Å². The molecule has 3 nitrogen and oxygen atoms in total. The van der Waals surface area contributed by atoms with Gasteiger partial charge in [-0.05, 0) is 47.8 Å². The van der Waals surface area contributed by atoms with E-state index in [1.165, 1.54) is 12.1 Å². The molecule has 102 valence electrons. The number of hydrogen-bond donors (Lipinski definition) is 2. The Morgan fingerprint density at radius 3 is 2.78 bits per heavy atom. The maximum Gasteiger partial charge on any atom is 0.145 e. The van der Waals surface area contributed by atoms with E-state index in [0.29, 0.717) is 26.1 Å². The molecule has 0 amide bonds. The van der Waals surface area contributed by atoms with Crippen LogP contribution < -0.4 is 11.3 Å². The molecular formula is C12H17BrF2N2O. The second-order valence-corrected chi connectivity index (χ2v) is 4.67. The highest BCUT2D eigenvalue weighted by molar-refractivity contribution is 9.10. The first kappa shape index (κ1) is 15.5. The van der Waals surface area contributed by atoms with Crippen molar-refractivity contribution in [2.75, 3.05) is 13.2 Å². The normalized spacial score (nSPS) is 12.7. The summed E-state index contributed by atoms with van der Waals surface area (Å²) in [5, 5.41) is 0. The molecule has 0 fully saturated rings. The summed E-state index contributed by atoms with van der Waals surface area (Å²) in [6.07, 6.45) is 1.18. The summed E-state index contributed by atoms with van der Waals surface area (Å²) < 4.78 is 32.9. The van der Waals surface area contributed by atoms with Crippen LogP contribution in [0, 0.1) is 11.6 Å². The highest BCUT2D eigenvalue weighted by atomic mass is 79.9. The van der Waals surface area contributed by atoms with Crippen LogP contribution in [-0.4, -0.2) is 13.2 Å². The van der Waals surface area contributed by atoms with E-state index in [2.05, 4.69) is 21.4 Å². The predicted molar refractivity (Wildman–Crippen MR) is 69.8 cm³/mol. The van der Waals surface area contributed by atoms with E-state index in [1.807, 2.05) is 6.92 Å². The first-order chi connectivity index (χ1) is 8.61. The molecule has 0 heterocycles. The topological polar surface area (TPSA) is 47.3 Å². The number of hydrazine groups is 1. The monoisotopic (exact) mass is 322 g/mol. The van der Waals surface area contributed by atoms with Crippen LogP contribution in [0.25, 0.3) is 0 Å². The average molecular weight is 323 g/mol. The fraction of sp³-hybridized carbons (Fsp3) is 0.500. The van der Waals surface area contributed by atoms with Crippen molar-refractivity contribution in [2.24, 2.45) is 5.84 Å². The summed E-state index contributed by atoms with van der Waals surface area (Å²) in [6, 6.07) is 1.99. The van der Waals surface area contributed by atoms with Crippen LogP contribution in [0.1, 0.15) is 31.4 Å². The first-order valence-electron chi connectivity index (χ1n) is 5.79. The van der Waals surface area contributed by atoms with Gasteiger partial charge in [0.2, 0.25) is 0 Å². The zero-order chi connectivity index (χ0) is 13.5. The third-order valence-electron chi connectivity index (χ3n) is 2.61. The Kier molecular flexibility index (Phi) is 6.70. The third-order valence-corrected chi connectivity index (χ3v) is 3.23. The molecule has 0 radical (unpaired) electrons. The van der Waals surface area contributed by atoms with E-state index in [4.69, 9.17) is 10.6 Å². The van der Waals surface area contributed by atoms with Gasteiger partial charge in [-0.15, -0.1) is 0 Å². The fourth-order valence-corrected chi connectivity index (χ4v) is 2.05. The van der Waals surface area contributed by atoms with Crippen LogP contribution in [0.2, 0.25) is 0 Å². The Labute approximate surface area is 114 Å². The molecule has 0 aliphatic heterocycles. The van der Waals surface area contributed by atoms with Crippen molar-refractivity contribution in [1.29, 1.82) is 0 Å². The quantitative estimate of drug-likeness (QED) is 0.351. The lowest BCUT2D eigenvalue weighted by Crippen LogP contribution is -2.29. The zero-order valence-electron chi connectivity index (χ0n) is 10.2. The van der Waals surface area contributed by atoms with Crippen molar-refractivity contribution in [1.82, 2.24) is 5.43 Å². The molecular weight excluding hydrogens is 306 g/mol. The molecule has 18 heavy (non-hydrogen) atoms. The smallest absolute Gasteiger partial charge is 0.145 e. The molecule has 0 saturated heterocycles. The zero-order valence-corrected chi connectivity index (χ0v) is 11.8. The van der Waals surface area contributed by atoms with Crippen molar-refractivity contribution in [2.45, 2.75) is 25.8 Å².